The molecule has 1 aliphatic carbocycles. The van der Waals surface area contributed by atoms with Gasteiger partial charge < -0.3 is 9.64 Å². The first kappa shape index (κ1) is 13.6. The number of ether oxygens (including phenoxy) is 1. The van der Waals surface area contributed by atoms with Crippen LogP contribution in [0.1, 0.15) is 32.6 Å². The van der Waals surface area contributed by atoms with Gasteiger partial charge in [-0.1, -0.05) is 19.8 Å². The minimum Gasteiger partial charge on any atom is -0.433 e. The maximum absolute atomic E-state index is 12.1. The number of hydrogen-bond donors (Lipinski definition) is 0. The van der Waals surface area contributed by atoms with Gasteiger partial charge in [0, 0.05) is 12.6 Å². The highest BCUT2D eigenvalue weighted by molar-refractivity contribution is 5.44. The Balaban J connectivity index is 1.75. The monoisotopic (exact) mass is 282 g/mol. The van der Waals surface area contributed by atoms with Crippen LogP contribution in [0.2, 0.25) is 0 Å². The van der Waals surface area contributed by atoms with Gasteiger partial charge in [-0.05, 0) is 36.8 Å². The van der Waals surface area contributed by atoms with Crippen LogP contribution in [0.5, 0.6) is 5.75 Å². The molecule has 2 fully saturated rings. The first-order chi connectivity index (χ1) is 9.65. The third kappa shape index (κ3) is 2.58. The molecule has 3 atom stereocenters. The van der Waals surface area contributed by atoms with Gasteiger partial charge in [0.1, 0.15) is 11.6 Å². The number of nitrogens with zero attached hydrogens (tertiary/aromatic N) is 2. The van der Waals surface area contributed by atoms with Crippen LogP contribution in [-0.4, -0.2) is 24.2 Å². The van der Waals surface area contributed by atoms with E-state index in [4.69, 9.17) is 0 Å². The van der Waals surface area contributed by atoms with Crippen molar-refractivity contribution in [3.8, 4) is 5.75 Å². The maximum atomic E-state index is 12.1. The molecule has 5 heteroatoms. The summed E-state index contributed by atoms with van der Waals surface area (Å²) >= 11 is 0. The molecule has 0 N–H and O–H groups in total. The van der Waals surface area contributed by atoms with E-state index in [0.29, 0.717) is 12.0 Å². The van der Waals surface area contributed by atoms with Crippen LogP contribution in [0, 0.1) is 11.8 Å². The first-order valence-corrected chi connectivity index (χ1v) is 7.32. The Hall–Kier alpha value is -1.39. The standard InChI is InChI=1S/C15H20F2N2O/c1-10-9-19(13-5-3-2-4-12(10)13)14-7-6-11(8-18-14)20-15(16)17/h6-8,10,12-13,15H,2-5,9H2,1H3. The summed E-state index contributed by atoms with van der Waals surface area (Å²) in [5.74, 6) is 2.44. The van der Waals surface area contributed by atoms with Crippen molar-refractivity contribution in [3.63, 3.8) is 0 Å². The summed E-state index contributed by atoms with van der Waals surface area (Å²) in [6.07, 6.45) is 6.51. The van der Waals surface area contributed by atoms with Crippen molar-refractivity contribution < 1.29 is 13.5 Å². The second kappa shape index (κ2) is 5.54. The summed E-state index contributed by atoms with van der Waals surface area (Å²) in [6.45, 7) is 0.520. The topological polar surface area (TPSA) is 25.4 Å². The van der Waals surface area contributed by atoms with Crippen molar-refractivity contribution in [1.29, 1.82) is 0 Å². The van der Waals surface area contributed by atoms with E-state index in [9.17, 15) is 8.78 Å². The van der Waals surface area contributed by atoms with Gasteiger partial charge in [0.25, 0.3) is 0 Å². The second-order valence-electron chi connectivity index (χ2n) is 5.88. The van der Waals surface area contributed by atoms with Crippen molar-refractivity contribution in [3.05, 3.63) is 18.3 Å². The molecule has 1 aliphatic heterocycles. The molecule has 0 radical (unpaired) electrons. The van der Waals surface area contributed by atoms with Crippen molar-refractivity contribution in [2.75, 3.05) is 11.4 Å². The molecule has 2 heterocycles. The Morgan fingerprint density at radius 2 is 2.10 bits per heavy atom. The summed E-state index contributed by atoms with van der Waals surface area (Å²) in [5, 5.41) is 0. The third-order valence-corrected chi connectivity index (χ3v) is 4.64. The van der Waals surface area contributed by atoms with Gasteiger partial charge in [0.05, 0.1) is 6.20 Å². The van der Waals surface area contributed by atoms with Crippen LogP contribution in [0.25, 0.3) is 0 Å². The number of aromatic nitrogens is 1. The predicted octanol–water partition coefficient (Wildman–Crippen LogP) is 3.70. The smallest absolute Gasteiger partial charge is 0.387 e. The SMILES string of the molecule is CC1CN(c2ccc(OC(F)F)cn2)C2CCCCC12. The Bertz CT molecular complexity index is 452. The Morgan fingerprint density at radius 3 is 2.80 bits per heavy atom. The number of halogens is 2. The predicted molar refractivity (Wildman–Crippen MR) is 73.1 cm³/mol. The Kier molecular flexibility index (Phi) is 3.76. The summed E-state index contributed by atoms with van der Waals surface area (Å²) in [6, 6.07) is 3.93. The lowest BCUT2D eigenvalue weighted by molar-refractivity contribution is -0.0500. The van der Waals surface area contributed by atoms with E-state index in [2.05, 4.69) is 21.5 Å². The Labute approximate surface area is 117 Å². The van der Waals surface area contributed by atoms with E-state index in [-0.39, 0.29) is 5.75 Å². The minimum atomic E-state index is -2.79. The van der Waals surface area contributed by atoms with E-state index < -0.39 is 6.61 Å². The molecule has 0 amide bonds. The molecule has 1 aromatic heterocycles. The maximum Gasteiger partial charge on any atom is 0.387 e. The molecule has 2 aliphatic rings. The van der Waals surface area contributed by atoms with Crippen LogP contribution in [0.4, 0.5) is 14.6 Å². The first-order valence-electron chi connectivity index (χ1n) is 7.32. The fraction of sp³-hybridized carbons (Fsp3) is 0.667. The lowest BCUT2D eigenvalue weighted by atomic mass is 9.80. The fourth-order valence-electron chi connectivity index (χ4n) is 3.75. The molecular formula is C15H20F2N2O. The van der Waals surface area contributed by atoms with Gasteiger partial charge in [0.15, 0.2) is 0 Å². The van der Waals surface area contributed by atoms with Crippen LogP contribution >= 0.6 is 0 Å². The molecule has 110 valence electrons. The molecule has 1 aromatic rings. The largest absolute Gasteiger partial charge is 0.433 e. The number of anilines is 1. The summed E-state index contributed by atoms with van der Waals surface area (Å²) in [5.41, 5.74) is 0. The van der Waals surface area contributed by atoms with Crippen LogP contribution in [-0.2, 0) is 0 Å². The van der Waals surface area contributed by atoms with E-state index in [1.54, 1.807) is 12.1 Å². The molecule has 1 saturated heterocycles. The Morgan fingerprint density at radius 1 is 1.30 bits per heavy atom. The van der Waals surface area contributed by atoms with Crippen molar-refractivity contribution in [1.82, 2.24) is 4.98 Å². The number of rotatable bonds is 3. The summed E-state index contributed by atoms with van der Waals surface area (Å²) in [7, 11) is 0. The number of hydrogen-bond acceptors (Lipinski definition) is 3. The molecule has 20 heavy (non-hydrogen) atoms. The lowest BCUT2D eigenvalue weighted by Crippen LogP contribution is -2.35. The highest BCUT2D eigenvalue weighted by Gasteiger charge is 2.40. The van der Waals surface area contributed by atoms with Gasteiger partial charge in [0.2, 0.25) is 0 Å². The quantitative estimate of drug-likeness (QED) is 0.845. The highest BCUT2D eigenvalue weighted by Crippen LogP contribution is 2.41. The molecule has 0 aromatic carbocycles. The molecule has 1 saturated carbocycles. The van der Waals surface area contributed by atoms with Crippen LogP contribution in [0.3, 0.4) is 0 Å². The second-order valence-corrected chi connectivity index (χ2v) is 5.88. The molecule has 0 spiro atoms. The number of pyridine rings is 1. The van der Waals surface area contributed by atoms with E-state index in [0.717, 1.165) is 18.3 Å². The van der Waals surface area contributed by atoms with Gasteiger partial charge >= 0.3 is 6.61 Å². The average Bonchev–Trinajstić information content (AvgIpc) is 2.77. The molecular weight excluding hydrogens is 262 g/mol. The molecule has 3 nitrogen and oxygen atoms in total. The zero-order valence-electron chi connectivity index (χ0n) is 11.6. The van der Waals surface area contributed by atoms with Gasteiger partial charge in [-0.25, -0.2) is 4.98 Å². The minimum absolute atomic E-state index is 0.121. The zero-order chi connectivity index (χ0) is 14.1. The van der Waals surface area contributed by atoms with Crippen LogP contribution < -0.4 is 9.64 Å². The van der Waals surface area contributed by atoms with Crippen molar-refractivity contribution >= 4 is 5.82 Å². The fourth-order valence-corrected chi connectivity index (χ4v) is 3.75. The zero-order valence-corrected chi connectivity index (χ0v) is 11.6. The van der Waals surface area contributed by atoms with Gasteiger partial charge in [-0.3, -0.25) is 0 Å². The molecule has 0 bridgehead atoms. The molecule has 3 unspecified atom stereocenters. The summed E-state index contributed by atoms with van der Waals surface area (Å²) < 4.78 is 28.6. The highest BCUT2D eigenvalue weighted by atomic mass is 19.3. The normalized spacial score (nSPS) is 29.6. The molecule has 3 rings (SSSR count). The van der Waals surface area contributed by atoms with Gasteiger partial charge in [-0.2, -0.15) is 8.78 Å². The lowest BCUT2D eigenvalue weighted by Gasteiger charge is -2.32. The third-order valence-electron chi connectivity index (χ3n) is 4.64. The van der Waals surface area contributed by atoms with Crippen LogP contribution in [0.15, 0.2) is 18.3 Å². The number of alkyl halides is 2. The van der Waals surface area contributed by atoms with E-state index >= 15 is 0 Å². The van der Waals surface area contributed by atoms with E-state index in [1.807, 2.05) is 0 Å². The van der Waals surface area contributed by atoms with E-state index in [1.165, 1.54) is 31.9 Å². The van der Waals surface area contributed by atoms with Crippen molar-refractivity contribution in [2.24, 2.45) is 11.8 Å². The average molecular weight is 282 g/mol. The van der Waals surface area contributed by atoms with Gasteiger partial charge in [-0.15, -0.1) is 0 Å². The summed E-state index contributed by atoms with van der Waals surface area (Å²) in [4.78, 5) is 6.65. The number of fused-ring (bicyclic) bond motifs is 1. The van der Waals surface area contributed by atoms with Crippen molar-refractivity contribution in [2.45, 2.75) is 45.3 Å².